The Kier molecular flexibility index (Phi) is 4.87. The molecule has 146 valence electrons. The molecule has 0 radical (unpaired) electrons. The molecular weight excluding hydrogens is 356 g/mol. The van der Waals surface area contributed by atoms with Gasteiger partial charge in [0.15, 0.2) is 0 Å². The molecule has 8 heteroatoms. The number of carbonyl (C=O) groups excluding carboxylic acids is 1. The highest BCUT2D eigenvalue weighted by atomic mass is 16.5. The topological polar surface area (TPSA) is 77.2 Å². The smallest absolute Gasteiger partial charge is 0.322 e. The lowest BCUT2D eigenvalue weighted by atomic mass is 10.0. The number of anilines is 1. The summed E-state index contributed by atoms with van der Waals surface area (Å²) in [6.07, 6.45) is 3.41. The largest absolute Gasteiger partial charge is 0.377 e. The van der Waals surface area contributed by atoms with E-state index < -0.39 is 0 Å². The molecule has 2 aromatic heterocycles. The van der Waals surface area contributed by atoms with E-state index >= 15 is 0 Å². The van der Waals surface area contributed by atoms with Crippen LogP contribution in [0.3, 0.4) is 0 Å². The van der Waals surface area contributed by atoms with Crippen LogP contribution in [0.5, 0.6) is 0 Å². The van der Waals surface area contributed by atoms with Gasteiger partial charge >= 0.3 is 6.03 Å². The van der Waals surface area contributed by atoms with E-state index in [0.717, 1.165) is 22.6 Å². The minimum Gasteiger partial charge on any atom is -0.377 e. The third-order valence-corrected chi connectivity index (χ3v) is 5.03. The first-order valence-electron chi connectivity index (χ1n) is 9.30. The molecule has 0 bridgehead atoms. The van der Waals surface area contributed by atoms with Crippen LogP contribution in [-0.4, -0.2) is 50.3 Å². The summed E-state index contributed by atoms with van der Waals surface area (Å²) in [4.78, 5) is 14.8. The minimum atomic E-state index is -0.192. The second-order valence-corrected chi connectivity index (χ2v) is 6.95. The lowest BCUT2D eigenvalue weighted by Crippen LogP contribution is -2.45. The van der Waals surface area contributed by atoms with Gasteiger partial charge in [-0.2, -0.15) is 10.2 Å². The molecule has 4 rings (SSSR count). The summed E-state index contributed by atoms with van der Waals surface area (Å²) >= 11 is 0. The van der Waals surface area contributed by atoms with Crippen molar-refractivity contribution in [2.24, 2.45) is 7.05 Å². The second-order valence-electron chi connectivity index (χ2n) is 6.95. The SMILES string of the molecule is Cc1nn(-c2ccccc2)c(C)c1C1COCCN1C(=O)Nc1cnn(C)c1. The van der Waals surface area contributed by atoms with E-state index in [0.29, 0.717) is 25.4 Å². The molecule has 0 aliphatic carbocycles. The Morgan fingerprint density at radius 3 is 2.75 bits per heavy atom. The first-order valence-corrected chi connectivity index (χ1v) is 9.30. The highest BCUT2D eigenvalue weighted by Crippen LogP contribution is 2.31. The number of ether oxygens (including phenoxy) is 1. The average Bonchev–Trinajstić information content (AvgIpc) is 3.24. The van der Waals surface area contributed by atoms with Crippen molar-refractivity contribution in [3.63, 3.8) is 0 Å². The van der Waals surface area contributed by atoms with Gasteiger partial charge in [-0.25, -0.2) is 9.48 Å². The van der Waals surface area contributed by atoms with E-state index in [2.05, 4.69) is 10.4 Å². The molecule has 1 aromatic carbocycles. The lowest BCUT2D eigenvalue weighted by Gasteiger charge is -2.35. The molecule has 1 saturated heterocycles. The van der Waals surface area contributed by atoms with Gasteiger partial charge in [-0.15, -0.1) is 0 Å². The maximum absolute atomic E-state index is 13.0. The molecule has 1 N–H and O–H groups in total. The molecule has 2 amide bonds. The molecule has 1 aliphatic rings. The molecule has 3 aromatic rings. The Morgan fingerprint density at radius 2 is 2.04 bits per heavy atom. The number of para-hydroxylation sites is 1. The summed E-state index contributed by atoms with van der Waals surface area (Å²) in [5.74, 6) is 0. The van der Waals surface area contributed by atoms with Gasteiger partial charge in [0.05, 0.1) is 42.5 Å². The van der Waals surface area contributed by atoms with E-state index in [1.165, 1.54) is 0 Å². The van der Waals surface area contributed by atoms with Crippen LogP contribution < -0.4 is 5.32 Å². The predicted molar refractivity (Wildman–Crippen MR) is 106 cm³/mol. The number of urea groups is 1. The molecule has 1 atom stereocenters. The fraction of sp³-hybridized carbons (Fsp3) is 0.350. The number of nitrogens with zero attached hydrogens (tertiary/aromatic N) is 5. The van der Waals surface area contributed by atoms with Crippen molar-refractivity contribution in [3.8, 4) is 5.69 Å². The van der Waals surface area contributed by atoms with Crippen molar-refractivity contribution >= 4 is 11.7 Å². The fourth-order valence-electron chi connectivity index (χ4n) is 3.72. The molecule has 3 heterocycles. The Hall–Kier alpha value is -3.13. The number of aryl methyl sites for hydroxylation is 2. The third kappa shape index (κ3) is 3.38. The van der Waals surface area contributed by atoms with Crippen molar-refractivity contribution in [3.05, 3.63) is 59.7 Å². The second kappa shape index (κ2) is 7.47. The van der Waals surface area contributed by atoms with Crippen molar-refractivity contribution in [2.45, 2.75) is 19.9 Å². The monoisotopic (exact) mass is 380 g/mol. The number of benzene rings is 1. The van der Waals surface area contributed by atoms with E-state index in [1.807, 2.05) is 60.8 Å². The first-order chi connectivity index (χ1) is 13.5. The van der Waals surface area contributed by atoms with Crippen molar-refractivity contribution in [1.82, 2.24) is 24.5 Å². The normalized spacial score (nSPS) is 17.0. The number of aromatic nitrogens is 4. The van der Waals surface area contributed by atoms with Gasteiger partial charge in [0.1, 0.15) is 0 Å². The van der Waals surface area contributed by atoms with Crippen LogP contribution in [0.25, 0.3) is 5.69 Å². The number of carbonyl (C=O) groups is 1. The Labute approximate surface area is 163 Å². The minimum absolute atomic E-state index is 0.160. The van der Waals surface area contributed by atoms with Crippen LogP contribution in [0.1, 0.15) is 23.0 Å². The Balaban J connectivity index is 1.64. The average molecular weight is 380 g/mol. The Bertz CT molecular complexity index is 978. The van der Waals surface area contributed by atoms with Crippen LogP contribution in [-0.2, 0) is 11.8 Å². The molecular formula is C20H24N6O2. The number of hydrogen-bond acceptors (Lipinski definition) is 4. The Morgan fingerprint density at radius 1 is 1.25 bits per heavy atom. The summed E-state index contributed by atoms with van der Waals surface area (Å²) in [6, 6.07) is 9.65. The zero-order valence-corrected chi connectivity index (χ0v) is 16.3. The molecule has 0 saturated carbocycles. The van der Waals surface area contributed by atoms with E-state index in [4.69, 9.17) is 9.84 Å². The van der Waals surface area contributed by atoms with Crippen molar-refractivity contribution < 1.29 is 9.53 Å². The van der Waals surface area contributed by atoms with Gasteiger partial charge in [0, 0.05) is 31.0 Å². The van der Waals surface area contributed by atoms with Crippen LogP contribution in [0.2, 0.25) is 0 Å². The quantitative estimate of drug-likeness (QED) is 0.758. The maximum atomic E-state index is 13.0. The van der Waals surface area contributed by atoms with Gasteiger partial charge in [-0.05, 0) is 26.0 Å². The van der Waals surface area contributed by atoms with E-state index in [-0.39, 0.29) is 12.1 Å². The third-order valence-electron chi connectivity index (χ3n) is 5.03. The lowest BCUT2D eigenvalue weighted by molar-refractivity contribution is 0.0143. The molecule has 1 fully saturated rings. The molecule has 0 spiro atoms. The van der Waals surface area contributed by atoms with Crippen LogP contribution in [0, 0.1) is 13.8 Å². The number of hydrogen-bond donors (Lipinski definition) is 1. The van der Waals surface area contributed by atoms with Gasteiger partial charge in [-0.1, -0.05) is 18.2 Å². The van der Waals surface area contributed by atoms with Crippen LogP contribution >= 0.6 is 0 Å². The van der Waals surface area contributed by atoms with Crippen LogP contribution in [0.15, 0.2) is 42.7 Å². The predicted octanol–water partition coefficient (Wildman–Crippen LogP) is 2.83. The molecule has 8 nitrogen and oxygen atoms in total. The van der Waals surface area contributed by atoms with Gasteiger partial charge in [0.2, 0.25) is 0 Å². The number of nitrogens with one attached hydrogen (secondary N) is 1. The van der Waals surface area contributed by atoms with Gasteiger partial charge in [-0.3, -0.25) is 4.68 Å². The zero-order chi connectivity index (χ0) is 19.7. The van der Waals surface area contributed by atoms with E-state index in [1.54, 1.807) is 17.1 Å². The summed E-state index contributed by atoms with van der Waals surface area (Å²) in [7, 11) is 1.82. The summed E-state index contributed by atoms with van der Waals surface area (Å²) in [6.45, 7) is 5.50. The highest BCUT2D eigenvalue weighted by Gasteiger charge is 2.33. The first kappa shape index (κ1) is 18.2. The number of morpholine rings is 1. The standard InChI is InChI=1S/C20H24N6O2/c1-14-19(15(2)26(23-14)17-7-5-4-6-8-17)18-13-28-10-9-25(18)20(27)22-16-11-21-24(3)12-16/h4-8,11-12,18H,9-10,13H2,1-3H3,(H,22,27). The molecule has 1 aliphatic heterocycles. The van der Waals surface area contributed by atoms with Gasteiger partial charge in [0.25, 0.3) is 0 Å². The number of amides is 2. The fourth-order valence-corrected chi connectivity index (χ4v) is 3.72. The van der Waals surface area contributed by atoms with E-state index in [9.17, 15) is 4.79 Å². The molecule has 28 heavy (non-hydrogen) atoms. The molecule has 1 unspecified atom stereocenters. The highest BCUT2D eigenvalue weighted by molar-refractivity contribution is 5.89. The summed E-state index contributed by atoms with van der Waals surface area (Å²) in [5, 5.41) is 11.8. The van der Waals surface area contributed by atoms with Crippen molar-refractivity contribution in [1.29, 1.82) is 0 Å². The zero-order valence-electron chi connectivity index (χ0n) is 16.3. The number of rotatable bonds is 3. The van der Waals surface area contributed by atoms with Gasteiger partial charge < -0.3 is 15.0 Å². The van der Waals surface area contributed by atoms with Crippen molar-refractivity contribution in [2.75, 3.05) is 25.1 Å². The van der Waals surface area contributed by atoms with Crippen LogP contribution in [0.4, 0.5) is 10.5 Å². The summed E-state index contributed by atoms with van der Waals surface area (Å²) < 4.78 is 9.31. The maximum Gasteiger partial charge on any atom is 0.322 e. The summed E-state index contributed by atoms with van der Waals surface area (Å²) in [5.41, 5.74) is 4.61.